The Morgan fingerprint density at radius 1 is 1.00 bits per heavy atom. The number of hydrogen-bond donors (Lipinski definition) is 2. The lowest BCUT2D eigenvalue weighted by atomic mass is 10.2. The van der Waals surface area contributed by atoms with Gasteiger partial charge < -0.3 is 20.1 Å². The van der Waals surface area contributed by atoms with Crippen LogP contribution in [0.25, 0.3) is 0 Å². The van der Waals surface area contributed by atoms with Crippen molar-refractivity contribution < 1.29 is 9.47 Å². The molecule has 6 heteroatoms. The number of anilines is 3. The normalized spacial score (nSPS) is 9.95. The number of hydrogen-bond acceptors (Lipinski definition) is 6. The van der Waals surface area contributed by atoms with E-state index in [1.807, 2.05) is 31.2 Å². The molecule has 1 heterocycles. The number of nitrogens with one attached hydrogen (secondary N) is 2. The molecule has 0 amide bonds. The van der Waals surface area contributed by atoms with Gasteiger partial charge >= 0.3 is 0 Å². The lowest BCUT2D eigenvalue weighted by Gasteiger charge is -2.11. The summed E-state index contributed by atoms with van der Waals surface area (Å²) in [5, 5.41) is 6.34. The zero-order valence-electron chi connectivity index (χ0n) is 11.8. The Bertz CT molecular complexity index is 575. The van der Waals surface area contributed by atoms with Crippen molar-refractivity contribution in [3.05, 3.63) is 30.6 Å². The minimum absolute atomic E-state index is 0.665. The van der Waals surface area contributed by atoms with E-state index in [4.69, 9.17) is 9.47 Å². The van der Waals surface area contributed by atoms with Crippen molar-refractivity contribution in [2.24, 2.45) is 0 Å². The Hall–Kier alpha value is -2.50. The summed E-state index contributed by atoms with van der Waals surface area (Å²) in [6.45, 7) is 2.83. The van der Waals surface area contributed by atoms with Crippen LogP contribution in [0.1, 0.15) is 6.92 Å². The Balaban J connectivity index is 2.19. The third-order valence-corrected chi connectivity index (χ3v) is 2.68. The number of methoxy groups -OCH3 is 2. The van der Waals surface area contributed by atoms with Crippen LogP contribution in [0.2, 0.25) is 0 Å². The van der Waals surface area contributed by atoms with Crippen molar-refractivity contribution in [2.75, 3.05) is 31.4 Å². The summed E-state index contributed by atoms with van der Waals surface area (Å²) < 4.78 is 10.5. The van der Waals surface area contributed by atoms with Crippen molar-refractivity contribution in [2.45, 2.75) is 6.92 Å². The summed E-state index contributed by atoms with van der Waals surface area (Å²) in [4.78, 5) is 8.31. The second kappa shape index (κ2) is 6.60. The zero-order chi connectivity index (χ0) is 14.4. The van der Waals surface area contributed by atoms with E-state index in [2.05, 4.69) is 20.6 Å². The molecule has 6 nitrogen and oxygen atoms in total. The molecule has 1 aromatic heterocycles. The van der Waals surface area contributed by atoms with E-state index in [1.54, 1.807) is 14.2 Å². The third kappa shape index (κ3) is 3.28. The molecule has 0 spiro atoms. The van der Waals surface area contributed by atoms with Crippen molar-refractivity contribution >= 4 is 17.3 Å². The molecule has 0 aliphatic heterocycles. The fourth-order valence-corrected chi connectivity index (χ4v) is 1.77. The highest BCUT2D eigenvalue weighted by Gasteiger charge is 2.05. The van der Waals surface area contributed by atoms with Gasteiger partial charge in [-0.05, 0) is 19.1 Å². The van der Waals surface area contributed by atoms with E-state index in [9.17, 15) is 0 Å². The molecule has 2 N–H and O–H groups in total. The number of aromatic nitrogens is 2. The first kappa shape index (κ1) is 13.9. The number of ether oxygens (including phenoxy) is 2. The summed E-state index contributed by atoms with van der Waals surface area (Å²) in [7, 11) is 3.22. The number of rotatable bonds is 6. The summed E-state index contributed by atoms with van der Waals surface area (Å²) >= 11 is 0. The summed E-state index contributed by atoms with van der Waals surface area (Å²) in [6, 6.07) is 7.44. The van der Waals surface area contributed by atoms with Crippen molar-refractivity contribution in [3.63, 3.8) is 0 Å². The van der Waals surface area contributed by atoms with Crippen LogP contribution in [0, 0.1) is 0 Å². The van der Waals surface area contributed by atoms with Gasteiger partial charge in [-0.3, -0.25) is 0 Å². The van der Waals surface area contributed by atoms with Crippen molar-refractivity contribution in [1.29, 1.82) is 0 Å². The van der Waals surface area contributed by atoms with Gasteiger partial charge in [-0.2, -0.15) is 0 Å². The summed E-state index contributed by atoms with van der Waals surface area (Å²) in [6.07, 6.45) is 1.51. The van der Waals surface area contributed by atoms with Gasteiger partial charge in [0.1, 0.15) is 18.0 Å². The molecule has 2 rings (SSSR count). The molecule has 0 radical (unpaired) electrons. The van der Waals surface area contributed by atoms with Gasteiger partial charge in [-0.1, -0.05) is 0 Å². The van der Waals surface area contributed by atoms with Crippen LogP contribution in [0.5, 0.6) is 11.5 Å². The van der Waals surface area contributed by atoms with E-state index < -0.39 is 0 Å². The molecule has 0 saturated heterocycles. The first-order valence-corrected chi connectivity index (χ1v) is 6.31. The maximum Gasteiger partial charge on any atom is 0.162 e. The minimum atomic E-state index is 0.665. The van der Waals surface area contributed by atoms with E-state index >= 15 is 0 Å². The van der Waals surface area contributed by atoms with Gasteiger partial charge in [-0.15, -0.1) is 0 Å². The lowest BCUT2D eigenvalue weighted by molar-refractivity contribution is 0.355. The number of benzene rings is 1. The first-order chi connectivity index (χ1) is 9.76. The molecule has 106 valence electrons. The van der Waals surface area contributed by atoms with Gasteiger partial charge in [0.2, 0.25) is 0 Å². The highest BCUT2D eigenvalue weighted by atomic mass is 16.5. The fraction of sp³-hybridized carbons (Fsp3) is 0.286. The molecular weight excluding hydrogens is 256 g/mol. The first-order valence-electron chi connectivity index (χ1n) is 6.31. The van der Waals surface area contributed by atoms with Gasteiger partial charge in [0.25, 0.3) is 0 Å². The third-order valence-electron chi connectivity index (χ3n) is 2.68. The number of nitrogens with zero attached hydrogens (tertiary/aromatic N) is 2. The monoisotopic (exact) mass is 274 g/mol. The topological polar surface area (TPSA) is 68.3 Å². The molecule has 0 unspecified atom stereocenters. The minimum Gasteiger partial charge on any atom is -0.493 e. The van der Waals surface area contributed by atoms with E-state index in [1.165, 1.54) is 6.33 Å². The van der Waals surface area contributed by atoms with Crippen LogP contribution in [0.3, 0.4) is 0 Å². The molecule has 0 aliphatic carbocycles. The molecule has 0 bridgehead atoms. The van der Waals surface area contributed by atoms with Gasteiger partial charge in [0.15, 0.2) is 11.5 Å². The average molecular weight is 274 g/mol. The van der Waals surface area contributed by atoms with Crippen molar-refractivity contribution in [1.82, 2.24) is 9.97 Å². The van der Waals surface area contributed by atoms with Crippen molar-refractivity contribution in [3.8, 4) is 11.5 Å². The second-order valence-corrected chi connectivity index (χ2v) is 4.01. The highest BCUT2D eigenvalue weighted by Crippen LogP contribution is 2.30. The molecule has 2 aromatic rings. The Morgan fingerprint density at radius 2 is 1.75 bits per heavy atom. The van der Waals surface area contributed by atoms with Crippen LogP contribution < -0.4 is 20.1 Å². The molecule has 0 aliphatic rings. The summed E-state index contributed by atoms with van der Waals surface area (Å²) in [5.41, 5.74) is 0.865. The standard InChI is InChI=1S/C14H18N4O2/c1-4-15-13-8-14(17-9-16-13)18-10-5-6-11(19-2)12(7-10)20-3/h5-9H,4H2,1-3H3,(H2,15,16,17,18). The quantitative estimate of drug-likeness (QED) is 0.844. The lowest BCUT2D eigenvalue weighted by Crippen LogP contribution is -2.01. The molecule has 0 fully saturated rings. The van der Waals surface area contributed by atoms with E-state index in [-0.39, 0.29) is 0 Å². The average Bonchev–Trinajstić information content (AvgIpc) is 2.48. The second-order valence-electron chi connectivity index (χ2n) is 4.01. The van der Waals surface area contributed by atoms with Crippen LogP contribution in [-0.2, 0) is 0 Å². The molecule has 1 aromatic carbocycles. The highest BCUT2D eigenvalue weighted by molar-refractivity contribution is 5.62. The Kier molecular flexibility index (Phi) is 4.60. The van der Waals surface area contributed by atoms with Gasteiger partial charge in [0, 0.05) is 24.4 Å². The molecule has 20 heavy (non-hydrogen) atoms. The largest absolute Gasteiger partial charge is 0.493 e. The fourth-order valence-electron chi connectivity index (χ4n) is 1.77. The molecule has 0 saturated carbocycles. The maximum atomic E-state index is 5.27. The SMILES string of the molecule is CCNc1cc(Nc2ccc(OC)c(OC)c2)ncn1. The molecule has 0 atom stereocenters. The smallest absolute Gasteiger partial charge is 0.162 e. The molecular formula is C14H18N4O2. The van der Waals surface area contributed by atoms with E-state index in [0.717, 1.165) is 18.1 Å². The maximum absolute atomic E-state index is 5.27. The summed E-state index contributed by atoms with van der Waals surface area (Å²) in [5.74, 6) is 2.85. The predicted octanol–water partition coefficient (Wildman–Crippen LogP) is 2.67. The van der Waals surface area contributed by atoms with Crippen LogP contribution in [0.15, 0.2) is 30.6 Å². The van der Waals surface area contributed by atoms with Gasteiger partial charge in [0.05, 0.1) is 14.2 Å². The zero-order valence-corrected chi connectivity index (χ0v) is 11.8. The Morgan fingerprint density at radius 3 is 2.45 bits per heavy atom. The predicted molar refractivity (Wildman–Crippen MR) is 79.0 cm³/mol. The van der Waals surface area contributed by atoms with Gasteiger partial charge in [-0.25, -0.2) is 9.97 Å². The Labute approximate surface area is 118 Å². The van der Waals surface area contributed by atoms with Crippen LogP contribution in [0.4, 0.5) is 17.3 Å². The van der Waals surface area contributed by atoms with E-state index in [0.29, 0.717) is 17.3 Å². The van der Waals surface area contributed by atoms with Crippen LogP contribution in [-0.4, -0.2) is 30.7 Å². The van der Waals surface area contributed by atoms with Crippen LogP contribution >= 0.6 is 0 Å².